The van der Waals surface area contributed by atoms with E-state index in [1.54, 1.807) is 20.8 Å². The number of carbonyl (C=O) groups is 1. The van der Waals surface area contributed by atoms with Crippen LogP contribution in [0.25, 0.3) is 0 Å². The summed E-state index contributed by atoms with van der Waals surface area (Å²) in [5.41, 5.74) is -0.508. The van der Waals surface area contributed by atoms with Gasteiger partial charge in [-0.1, -0.05) is 0 Å². The lowest BCUT2D eigenvalue weighted by molar-refractivity contribution is 0.00673. The third-order valence-electron chi connectivity index (χ3n) is 4.92. The van der Waals surface area contributed by atoms with Crippen molar-refractivity contribution in [2.75, 3.05) is 119 Å². The fraction of sp³-hybridized carbons (Fsp3) is 0.759. The lowest BCUT2D eigenvalue weighted by atomic mass is 10.1. The van der Waals surface area contributed by atoms with Crippen LogP contribution in [0.5, 0.6) is 17.2 Å². The van der Waals surface area contributed by atoms with E-state index in [0.717, 1.165) is 0 Å². The molecule has 0 radical (unpaired) electrons. The fourth-order valence-electron chi connectivity index (χ4n) is 3.17. The van der Waals surface area contributed by atoms with E-state index in [0.29, 0.717) is 39.6 Å². The van der Waals surface area contributed by atoms with Crippen molar-refractivity contribution in [2.24, 2.45) is 0 Å². The second-order valence-corrected chi connectivity index (χ2v) is 9.69. The Morgan fingerprint density at radius 2 is 0.860 bits per heavy atom. The van der Waals surface area contributed by atoms with Gasteiger partial charge in [-0.25, -0.2) is 4.79 Å². The molecule has 0 saturated carbocycles. The Morgan fingerprint density at radius 3 is 1.21 bits per heavy atom. The molecule has 3 N–H and O–H groups in total. The van der Waals surface area contributed by atoms with Crippen LogP contribution in [-0.2, 0) is 33.2 Å². The average Bonchev–Trinajstić information content (AvgIpc) is 2.96. The van der Waals surface area contributed by atoms with E-state index in [1.807, 2.05) is 0 Å². The molecule has 43 heavy (non-hydrogen) atoms. The highest BCUT2D eigenvalue weighted by molar-refractivity contribution is 5.91. The largest absolute Gasteiger partial charge is 0.487 e. The molecular formula is C29H50O14. The number of ether oxygens (including phenoxy) is 10. The monoisotopic (exact) mass is 622 g/mol. The van der Waals surface area contributed by atoms with E-state index >= 15 is 0 Å². The molecular weight excluding hydrogens is 572 g/mol. The number of esters is 1. The number of rotatable bonds is 28. The summed E-state index contributed by atoms with van der Waals surface area (Å²) in [5, 5.41) is 26.3. The fourth-order valence-corrected chi connectivity index (χ4v) is 3.17. The number of hydrogen-bond acceptors (Lipinski definition) is 14. The lowest BCUT2D eigenvalue weighted by Crippen LogP contribution is -2.24. The van der Waals surface area contributed by atoms with Gasteiger partial charge in [-0.3, -0.25) is 0 Å². The molecule has 14 nitrogen and oxygen atoms in total. The predicted octanol–water partition coefficient (Wildman–Crippen LogP) is 0.855. The summed E-state index contributed by atoms with van der Waals surface area (Å²) in [6.07, 6.45) is 0. The summed E-state index contributed by atoms with van der Waals surface area (Å²) in [4.78, 5) is 13.0. The minimum Gasteiger partial charge on any atom is -0.487 e. The first-order valence-electron chi connectivity index (χ1n) is 14.4. The van der Waals surface area contributed by atoms with E-state index in [-0.39, 0.29) is 102 Å². The molecule has 0 unspecified atom stereocenters. The molecule has 0 spiro atoms. The van der Waals surface area contributed by atoms with Crippen molar-refractivity contribution in [2.45, 2.75) is 26.4 Å². The Morgan fingerprint density at radius 1 is 0.535 bits per heavy atom. The highest BCUT2D eigenvalue weighted by Gasteiger charge is 2.23. The Kier molecular flexibility index (Phi) is 22.6. The number of benzene rings is 1. The van der Waals surface area contributed by atoms with Crippen LogP contribution < -0.4 is 14.2 Å². The highest BCUT2D eigenvalue weighted by atomic mass is 16.6. The molecule has 1 aromatic rings. The number of carbonyl (C=O) groups excluding carboxylic acids is 1. The van der Waals surface area contributed by atoms with Crippen molar-refractivity contribution in [3.63, 3.8) is 0 Å². The molecule has 0 bridgehead atoms. The van der Waals surface area contributed by atoms with Crippen LogP contribution in [0.4, 0.5) is 0 Å². The van der Waals surface area contributed by atoms with Crippen LogP contribution >= 0.6 is 0 Å². The first kappa shape index (κ1) is 38.8. The Bertz CT molecular complexity index is 789. The first-order valence-corrected chi connectivity index (χ1v) is 14.4. The van der Waals surface area contributed by atoms with Crippen LogP contribution in [0.15, 0.2) is 12.1 Å². The third kappa shape index (κ3) is 20.3. The summed E-state index contributed by atoms with van der Waals surface area (Å²) in [7, 11) is 0. The van der Waals surface area contributed by atoms with Crippen LogP contribution in [0.3, 0.4) is 0 Å². The molecule has 0 aliphatic heterocycles. The van der Waals surface area contributed by atoms with Crippen LogP contribution in [0.2, 0.25) is 0 Å². The van der Waals surface area contributed by atoms with Crippen LogP contribution in [0.1, 0.15) is 31.1 Å². The van der Waals surface area contributed by atoms with Crippen molar-refractivity contribution < 1.29 is 67.5 Å². The van der Waals surface area contributed by atoms with Crippen molar-refractivity contribution in [3.8, 4) is 17.2 Å². The number of hydrogen-bond donors (Lipinski definition) is 3. The zero-order chi connectivity index (χ0) is 31.6. The van der Waals surface area contributed by atoms with Gasteiger partial charge in [-0.15, -0.1) is 0 Å². The normalized spacial score (nSPS) is 11.5. The first-order chi connectivity index (χ1) is 20.8. The van der Waals surface area contributed by atoms with Gasteiger partial charge >= 0.3 is 5.97 Å². The second-order valence-electron chi connectivity index (χ2n) is 9.69. The zero-order valence-corrected chi connectivity index (χ0v) is 25.7. The summed E-state index contributed by atoms with van der Waals surface area (Å²) < 4.78 is 55.5. The van der Waals surface area contributed by atoms with Gasteiger partial charge in [0.15, 0.2) is 11.5 Å². The SMILES string of the molecule is CC(C)(C)OC(=O)c1cc(OCCOCCOCCO)c(OCCOCCOCCO)c(OCCOCCOCCO)c1. The lowest BCUT2D eigenvalue weighted by Gasteiger charge is -2.22. The van der Waals surface area contributed by atoms with Gasteiger partial charge in [-0.05, 0) is 32.9 Å². The Hall–Kier alpha value is -2.27. The minimum atomic E-state index is -0.718. The quantitative estimate of drug-likeness (QED) is 0.0888. The van der Waals surface area contributed by atoms with Gasteiger partial charge in [0.25, 0.3) is 0 Å². The topological polar surface area (TPSA) is 170 Å². The Balaban J connectivity index is 2.96. The molecule has 0 aliphatic rings. The molecule has 0 amide bonds. The molecule has 0 heterocycles. The van der Waals surface area contributed by atoms with Crippen molar-refractivity contribution >= 4 is 5.97 Å². The summed E-state index contributed by atoms with van der Waals surface area (Å²) in [6, 6.07) is 3.05. The maximum Gasteiger partial charge on any atom is 0.338 e. The van der Waals surface area contributed by atoms with E-state index in [1.165, 1.54) is 12.1 Å². The molecule has 250 valence electrons. The van der Waals surface area contributed by atoms with Crippen molar-refractivity contribution in [1.29, 1.82) is 0 Å². The molecule has 0 atom stereocenters. The molecule has 0 fully saturated rings. The van der Waals surface area contributed by atoms with Gasteiger partial charge in [-0.2, -0.15) is 0 Å². The van der Waals surface area contributed by atoms with E-state index in [9.17, 15) is 4.79 Å². The molecule has 0 aliphatic carbocycles. The van der Waals surface area contributed by atoms with E-state index in [4.69, 9.17) is 62.7 Å². The zero-order valence-electron chi connectivity index (χ0n) is 25.7. The average molecular weight is 623 g/mol. The molecule has 1 rings (SSSR count). The molecule has 1 aromatic carbocycles. The van der Waals surface area contributed by atoms with Crippen LogP contribution in [0, 0.1) is 0 Å². The third-order valence-corrected chi connectivity index (χ3v) is 4.92. The van der Waals surface area contributed by atoms with E-state index < -0.39 is 11.6 Å². The van der Waals surface area contributed by atoms with Gasteiger partial charge in [0.2, 0.25) is 5.75 Å². The molecule has 0 aromatic heterocycles. The minimum absolute atomic E-state index is 0.0565. The van der Waals surface area contributed by atoms with Gasteiger partial charge < -0.3 is 62.7 Å². The number of aliphatic hydroxyl groups is 3. The van der Waals surface area contributed by atoms with Crippen molar-refractivity contribution in [3.05, 3.63) is 17.7 Å². The second kappa shape index (κ2) is 25.1. The maximum atomic E-state index is 13.0. The summed E-state index contributed by atoms with van der Waals surface area (Å²) in [6.45, 7) is 8.98. The van der Waals surface area contributed by atoms with Gasteiger partial charge in [0.05, 0.1) is 105 Å². The smallest absolute Gasteiger partial charge is 0.338 e. The summed E-state index contributed by atoms with van der Waals surface area (Å²) in [5.74, 6) is 0.214. The standard InChI is InChI=1S/C29H50O14/c1-29(2,3)43-28(33)24-22-25(40-19-16-37-13-10-34-7-4-30)27(42-21-18-39-15-12-36-9-6-32)26(23-24)41-20-17-38-14-11-35-8-5-31/h22-23,30-32H,4-21H2,1-3H3. The van der Waals surface area contributed by atoms with Crippen LogP contribution in [-0.4, -0.2) is 146 Å². The Labute approximate surface area is 254 Å². The maximum absolute atomic E-state index is 13.0. The number of aliphatic hydroxyl groups excluding tert-OH is 3. The summed E-state index contributed by atoms with van der Waals surface area (Å²) >= 11 is 0. The molecule has 14 heteroatoms. The predicted molar refractivity (Wildman–Crippen MR) is 154 cm³/mol. The highest BCUT2D eigenvalue weighted by Crippen LogP contribution is 2.39. The van der Waals surface area contributed by atoms with Crippen molar-refractivity contribution in [1.82, 2.24) is 0 Å². The van der Waals surface area contributed by atoms with Gasteiger partial charge in [0.1, 0.15) is 25.4 Å². The van der Waals surface area contributed by atoms with Gasteiger partial charge in [0, 0.05) is 0 Å². The van der Waals surface area contributed by atoms with E-state index in [2.05, 4.69) is 0 Å². The molecule has 0 saturated heterocycles.